The average Bonchev–Trinajstić information content (AvgIpc) is 3.37. The molecule has 0 unspecified atom stereocenters. The maximum atomic E-state index is 12.6. The van der Waals surface area contributed by atoms with Gasteiger partial charge in [0.1, 0.15) is 11.8 Å². The Kier molecular flexibility index (Phi) is 6.68. The molecule has 0 radical (unpaired) electrons. The van der Waals surface area contributed by atoms with Gasteiger partial charge < -0.3 is 19.9 Å². The fourth-order valence-corrected chi connectivity index (χ4v) is 3.68. The Labute approximate surface area is 159 Å². The van der Waals surface area contributed by atoms with Gasteiger partial charge in [0.25, 0.3) is 0 Å². The highest BCUT2D eigenvalue weighted by atomic mass is 16.6. The number of carbonyl (C=O) groups excluding carboxylic acids is 3. The number of carbonyl (C=O) groups is 3. The van der Waals surface area contributed by atoms with E-state index in [0.717, 1.165) is 38.8 Å². The van der Waals surface area contributed by atoms with Crippen LogP contribution in [0, 0.1) is 0 Å². The monoisotopic (exact) mass is 373 g/mol. The minimum Gasteiger partial charge on any atom is -0.410 e. The van der Waals surface area contributed by atoms with Crippen molar-refractivity contribution in [3.63, 3.8) is 0 Å². The van der Waals surface area contributed by atoms with Crippen LogP contribution in [0.3, 0.4) is 0 Å². The van der Waals surface area contributed by atoms with Crippen LogP contribution in [0.1, 0.15) is 38.5 Å². The van der Waals surface area contributed by atoms with E-state index in [1.807, 2.05) is 11.0 Å². The van der Waals surface area contributed by atoms with Crippen molar-refractivity contribution >= 4 is 17.9 Å². The van der Waals surface area contributed by atoms with E-state index in [4.69, 9.17) is 4.74 Å². The van der Waals surface area contributed by atoms with E-state index in [1.54, 1.807) is 29.2 Å². The van der Waals surface area contributed by atoms with Crippen molar-refractivity contribution in [2.45, 2.75) is 44.6 Å². The molecule has 2 aliphatic heterocycles. The topological polar surface area (TPSA) is 79.0 Å². The van der Waals surface area contributed by atoms with Gasteiger partial charge in [-0.15, -0.1) is 0 Å². The van der Waals surface area contributed by atoms with Crippen LogP contribution in [-0.4, -0.2) is 59.9 Å². The zero-order valence-electron chi connectivity index (χ0n) is 15.6. The molecule has 27 heavy (non-hydrogen) atoms. The van der Waals surface area contributed by atoms with E-state index in [2.05, 4.69) is 5.32 Å². The maximum absolute atomic E-state index is 12.6. The zero-order chi connectivity index (χ0) is 19.1. The molecule has 2 heterocycles. The molecule has 0 aliphatic carbocycles. The Morgan fingerprint density at radius 1 is 1.04 bits per heavy atom. The van der Waals surface area contributed by atoms with Gasteiger partial charge in [-0.05, 0) is 44.2 Å². The quantitative estimate of drug-likeness (QED) is 0.775. The lowest BCUT2D eigenvalue weighted by molar-refractivity contribution is -0.143. The van der Waals surface area contributed by atoms with Crippen LogP contribution in [0.4, 0.5) is 4.79 Å². The average molecular weight is 373 g/mol. The summed E-state index contributed by atoms with van der Waals surface area (Å²) >= 11 is 0. The Balaban J connectivity index is 1.38. The molecule has 2 saturated heterocycles. The van der Waals surface area contributed by atoms with Gasteiger partial charge in [0.15, 0.2) is 0 Å². The van der Waals surface area contributed by atoms with Crippen molar-refractivity contribution in [2.75, 3.05) is 26.2 Å². The predicted molar refractivity (Wildman–Crippen MR) is 100 cm³/mol. The molecule has 3 rings (SSSR count). The van der Waals surface area contributed by atoms with Crippen molar-refractivity contribution in [1.82, 2.24) is 15.1 Å². The molecule has 0 aromatic heterocycles. The molecule has 146 valence electrons. The number of hydrogen-bond donors (Lipinski definition) is 1. The number of likely N-dealkylation sites (tertiary alicyclic amines) is 2. The first-order valence-corrected chi connectivity index (χ1v) is 9.74. The van der Waals surface area contributed by atoms with E-state index >= 15 is 0 Å². The van der Waals surface area contributed by atoms with Crippen molar-refractivity contribution in [2.24, 2.45) is 0 Å². The lowest BCUT2D eigenvalue weighted by Crippen LogP contribution is -2.47. The zero-order valence-corrected chi connectivity index (χ0v) is 15.6. The van der Waals surface area contributed by atoms with E-state index in [-0.39, 0.29) is 17.9 Å². The molecule has 1 aromatic rings. The second kappa shape index (κ2) is 9.39. The van der Waals surface area contributed by atoms with Gasteiger partial charge in [-0.3, -0.25) is 9.59 Å². The van der Waals surface area contributed by atoms with Crippen LogP contribution in [0.5, 0.6) is 5.75 Å². The second-order valence-corrected chi connectivity index (χ2v) is 7.01. The molecular weight excluding hydrogens is 346 g/mol. The first-order chi connectivity index (χ1) is 13.1. The maximum Gasteiger partial charge on any atom is 0.412 e. The Morgan fingerprint density at radius 2 is 1.78 bits per heavy atom. The first kappa shape index (κ1) is 19.2. The van der Waals surface area contributed by atoms with Gasteiger partial charge in [0, 0.05) is 32.6 Å². The molecule has 7 nitrogen and oxygen atoms in total. The molecule has 0 spiro atoms. The molecule has 1 N–H and O–H groups in total. The molecule has 0 saturated carbocycles. The number of ether oxygens (including phenoxy) is 1. The third-order valence-electron chi connectivity index (χ3n) is 5.07. The van der Waals surface area contributed by atoms with Crippen LogP contribution < -0.4 is 10.1 Å². The summed E-state index contributed by atoms with van der Waals surface area (Å²) in [7, 11) is 0. The number of hydrogen-bond acceptors (Lipinski definition) is 4. The van der Waals surface area contributed by atoms with Gasteiger partial charge in [-0.1, -0.05) is 18.2 Å². The minimum atomic E-state index is -0.531. The van der Waals surface area contributed by atoms with Gasteiger partial charge in [-0.2, -0.15) is 0 Å². The summed E-state index contributed by atoms with van der Waals surface area (Å²) in [5, 5.41) is 2.65. The third-order valence-corrected chi connectivity index (χ3v) is 5.07. The van der Waals surface area contributed by atoms with Gasteiger partial charge in [-0.25, -0.2) is 4.79 Å². The largest absolute Gasteiger partial charge is 0.412 e. The summed E-state index contributed by atoms with van der Waals surface area (Å²) in [5.74, 6) is 0.567. The molecule has 0 bridgehead atoms. The van der Waals surface area contributed by atoms with Gasteiger partial charge >= 0.3 is 6.09 Å². The number of amides is 3. The second-order valence-electron chi connectivity index (χ2n) is 7.01. The van der Waals surface area contributed by atoms with Crippen molar-refractivity contribution in [3.8, 4) is 5.75 Å². The number of benzene rings is 1. The summed E-state index contributed by atoms with van der Waals surface area (Å²) in [6.07, 6.45) is 4.03. The normalized spacial score (nSPS) is 19.2. The van der Waals surface area contributed by atoms with Gasteiger partial charge in [0.2, 0.25) is 11.8 Å². The highest BCUT2D eigenvalue weighted by Crippen LogP contribution is 2.22. The molecule has 7 heteroatoms. The summed E-state index contributed by atoms with van der Waals surface area (Å²) < 4.78 is 5.13. The number of nitrogens with one attached hydrogen (secondary N) is 1. The molecular formula is C20H27N3O4. The lowest BCUT2D eigenvalue weighted by Gasteiger charge is -2.27. The van der Waals surface area contributed by atoms with E-state index in [1.165, 1.54) is 0 Å². The van der Waals surface area contributed by atoms with Crippen LogP contribution in [0.15, 0.2) is 30.3 Å². The SMILES string of the molecule is O=C(NCCCC(=O)N1CCC[C@H]1C(=O)N1CCCC1)Oc1ccccc1. The van der Waals surface area contributed by atoms with Crippen LogP contribution in [0.2, 0.25) is 0 Å². The van der Waals surface area contributed by atoms with Crippen LogP contribution in [0.25, 0.3) is 0 Å². The van der Waals surface area contributed by atoms with Crippen molar-refractivity contribution < 1.29 is 19.1 Å². The number of nitrogens with zero attached hydrogens (tertiary/aromatic N) is 2. The van der Waals surface area contributed by atoms with Gasteiger partial charge in [0.05, 0.1) is 0 Å². The smallest absolute Gasteiger partial charge is 0.410 e. The molecule has 2 fully saturated rings. The van der Waals surface area contributed by atoms with Crippen molar-refractivity contribution in [1.29, 1.82) is 0 Å². The standard InChI is InChI=1S/C20H27N3O4/c24-18(11-6-12-21-20(26)27-16-8-2-1-3-9-16)23-15-7-10-17(23)19(25)22-13-4-5-14-22/h1-3,8-9,17H,4-7,10-15H2,(H,21,26)/t17-/m0/s1. The summed E-state index contributed by atoms with van der Waals surface area (Å²) in [4.78, 5) is 40.5. The fraction of sp³-hybridized carbons (Fsp3) is 0.550. The third kappa shape index (κ3) is 5.21. The minimum absolute atomic E-state index is 0.0109. The Morgan fingerprint density at radius 3 is 2.52 bits per heavy atom. The summed E-state index contributed by atoms with van der Waals surface area (Å²) in [6.45, 7) is 2.62. The predicted octanol–water partition coefficient (Wildman–Crippen LogP) is 2.17. The highest BCUT2D eigenvalue weighted by Gasteiger charge is 2.36. The summed E-state index contributed by atoms with van der Waals surface area (Å²) in [5.41, 5.74) is 0. The molecule has 3 amide bonds. The van der Waals surface area contributed by atoms with E-state index in [9.17, 15) is 14.4 Å². The van der Waals surface area contributed by atoms with Crippen LogP contribution in [-0.2, 0) is 9.59 Å². The highest BCUT2D eigenvalue weighted by molar-refractivity contribution is 5.88. The first-order valence-electron chi connectivity index (χ1n) is 9.74. The lowest BCUT2D eigenvalue weighted by atomic mass is 10.2. The number of rotatable bonds is 6. The Hall–Kier alpha value is -2.57. The van der Waals surface area contributed by atoms with Crippen LogP contribution >= 0.6 is 0 Å². The van der Waals surface area contributed by atoms with E-state index in [0.29, 0.717) is 31.7 Å². The molecule has 1 aromatic carbocycles. The number of para-hydroxylation sites is 1. The fourth-order valence-electron chi connectivity index (χ4n) is 3.68. The van der Waals surface area contributed by atoms with E-state index < -0.39 is 6.09 Å². The Bertz CT molecular complexity index is 658. The molecule has 2 aliphatic rings. The van der Waals surface area contributed by atoms with Crippen molar-refractivity contribution in [3.05, 3.63) is 30.3 Å². The summed E-state index contributed by atoms with van der Waals surface area (Å²) in [6, 6.07) is 8.53. The molecule has 1 atom stereocenters.